The van der Waals surface area contributed by atoms with Crippen molar-refractivity contribution in [2.75, 3.05) is 0 Å². The van der Waals surface area contributed by atoms with Crippen molar-refractivity contribution >= 4 is 5.97 Å². The molecule has 0 fully saturated rings. The molecule has 0 aromatic carbocycles. The molecule has 1 N–H and O–H groups in total. The van der Waals surface area contributed by atoms with Gasteiger partial charge in [0.2, 0.25) is 0 Å². The summed E-state index contributed by atoms with van der Waals surface area (Å²) in [6, 6.07) is 0. The highest BCUT2D eigenvalue weighted by molar-refractivity contribution is 5.71. The van der Waals surface area contributed by atoms with E-state index in [4.69, 9.17) is 5.11 Å². The normalized spacial score (nSPS) is 21.5. The molecular weight excluding hydrogens is 204 g/mol. The number of carboxylic acid groups (broad SMARTS) is 1. The summed E-state index contributed by atoms with van der Waals surface area (Å²) in [6.07, 6.45) is 5.13. The predicted octanol–water partition coefficient (Wildman–Crippen LogP) is 2.04. The summed E-state index contributed by atoms with van der Waals surface area (Å²) < 4.78 is 1.91. The minimum absolute atomic E-state index is 0.0917. The second-order valence-corrected chi connectivity index (χ2v) is 4.52. The molecule has 4 heteroatoms. The number of carboxylic acids is 1. The number of rotatable bonds is 3. The van der Waals surface area contributed by atoms with Crippen LogP contribution in [0.1, 0.15) is 43.9 Å². The number of nitrogens with zero attached hydrogens (tertiary/aromatic N) is 2. The SMILES string of the molecule is CCn1cc2c(n1)C(C(C)C(=O)O)CCC2. The molecule has 2 atom stereocenters. The standard InChI is InChI=1S/C12H18N2O2/c1-3-14-7-9-5-4-6-10(11(9)13-14)8(2)12(15)16/h7-8,10H,3-6H2,1-2H3,(H,15,16). The summed E-state index contributed by atoms with van der Waals surface area (Å²) in [5.74, 6) is -0.961. The van der Waals surface area contributed by atoms with Gasteiger partial charge in [0.15, 0.2) is 0 Å². The van der Waals surface area contributed by atoms with E-state index < -0.39 is 5.97 Å². The number of hydrogen-bond acceptors (Lipinski definition) is 2. The third kappa shape index (κ3) is 1.84. The average Bonchev–Trinajstić information content (AvgIpc) is 2.70. The fourth-order valence-corrected chi connectivity index (χ4v) is 2.45. The molecular formula is C12H18N2O2. The lowest BCUT2D eigenvalue weighted by molar-refractivity contribution is -0.142. The summed E-state index contributed by atoms with van der Waals surface area (Å²) in [5, 5.41) is 13.6. The van der Waals surface area contributed by atoms with Crippen LogP contribution in [0.15, 0.2) is 6.20 Å². The molecule has 88 valence electrons. The second kappa shape index (κ2) is 4.28. The largest absolute Gasteiger partial charge is 0.481 e. The van der Waals surface area contributed by atoms with Gasteiger partial charge < -0.3 is 5.11 Å². The van der Waals surface area contributed by atoms with Gasteiger partial charge >= 0.3 is 5.97 Å². The highest BCUT2D eigenvalue weighted by Crippen LogP contribution is 2.35. The van der Waals surface area contributed by atoms with Crippen LogP contribution >= 0.6 is 0 Å². The Hall–Kier alpha value is -1.32. The second-order valence-electron chi connectivity index (χ2n) is 4.52. The fraction of sp³-hybridized carbons (Fsp3) is 0.667. The molecule has 0 spiro atoms. The number of hydrogen-bond donors (Lipinski definition) is 1. The van der Waals surface area contributed by atoms with E-state index in [1.54, 1.807) is 6.92 Å². The van der Waals surface area contributed by atoms with Crippen molar-refractivity contribution in [3.63, 3.8) is 0 Å². The van der Waals surface area contributed by atoms with Crippen molar-refractivity contribution in [2.45, 2.75) is 45.6 Å². The van der Waals surface area contributed by atoms with Crippen LogP contribution in [0, 0.1) is 5.92 Å². The lowest BCUT2D eigenvalue weighted by Crippen LogP contribution is -2.22. The van der Waals surface area contributed by atoms with Crippen LogP contribution in [0.5, 0.6) is 0 Å². The summed E-state index contributed by atoms with van der Waals surface area (Å²) >= 11 is 0. The first kappa shape index (κ1) is 11.2. The molecule has 1 aliphatic carbocycles. The molecule has 1 aromatic rings. The van der Waals surface area contributed by atoms with Gasteiger partial charge in [0, 0.05) is 18.7 Å². The zero-order chi connectivity index (χ0) is 11.7. The van der Waals surface area contributed by atoms with Gasteiger partial charge in [-0.3, -0.25) is 9.48 Å². The summed E-state index contributed by atoms with van der Waals surface area (Å²) in [5.41, 5.74) is 2.26. The predicted molar refractivity (Wildman–Crippen MR) is 60.4 cm³/mol. The van der Waals surface area contributed by atoms with E-state index in [1.807, 2.05) is 11.6 Å². The number of aryl methyl sites for hydroxylation is 2. The van der Waals surface area contributed by atoms with Crippen molar-refractivity contribution in [2.24, 2.45) is 5.92 Å². The summed E-state index contributed by atoms with van der Waals surface area (Å²) in [7, 11) is 0. The van der Waals surface area contributed by atoms with E-state index in [9.17, 15) is 4.79 Å². The molecule has 0 saturated carbocycles. The van der Waals surface area contributed by atoms with E-state index >= 15 is 0 Å². The van der Waals surface area contributed by atoms with Crippen LogP contribution in [0.3, 0.4) is 0 Å². The highest BCUT2D eigenvalue weighted by atomic mass is 16.4. The quantitative estimate of drug-likeness (QED) is 0.851. The van der Waals surface area contributed by atoms with Crippen LogP contribution in [0.4, 0.5) is 0 Å². The van der Waals surface area contributed by atoms with Gasteiger partial charge in [0.1, 0.15) is 0 Å². The van der Waals surface area contributed by atoms with Crippen LogP contribution in [0.2, 0.25) is 0 Å². The third-order valence-corrected chi connectivity index (χ3v) is 3.50. The topological polar surface area (TPSA) is 55.1 Å². The van der Waals surface area contributed by atoms with Gasteiger partial charge in [-0.2, -0.15) is 5.10 Å². The highest BCUT2D eigenvalue weighted by Gasteiger charge is 2.31. The van der Waals surface area contributed by atoms with Crippen molar-refractivity contribution in [3.8, 4) is 0 Å². The zero-order valence-corrected chi connectivity index (χ0v) is 9.81. The Labute approximate surface area is 95.3 Å². The zero-order valence-electron chi connectivity index (χ0n) is 9.81. The maximum absolute atomic E-state index is 11.1. The fourth-order valence-electron chi connectivity index (χ4n) is 2.45. The van der Waals surface area contributed by atoms with Crippen LogP contribution in [-0.2, 0) is 17.8 Å². The molecule has 1 aromatic heterocycles. The van der Waals surface area contributed by atoms with Crippen molar-refractivity contribution in [1.82, 2.24) is 9.78 Å². The van der Waals surface area contributed by atoms with E-state index in [0.717, 1.165) is 31.5 Å². The van der Waals surface area contributed by atoms with Gasteiger partial charge in [-0.1, -0.05) is 6.92 Å². The lowest BCUT2D eigenvalue weighted by atomic mass is 9.80. The number of aliphatic carboxylic acids is 1. The van der Waals surface area contributed by atoms with Gasteiger partial charge in [-0.15, -0.1) is 0 Å². The summed E-state index contributed by atoms with van der Waals surface area (Å²) in [6.45, 7) is 4.68. The van der Waals surface area contributed by atoms with Crippen LogP contribution < -0.4 is 0 Å². The molecule has 2 rings (SSSR count). The first-order valence-corrected chi connectivity index (χ1v) is 5.92. The summed E-state index contributed by atoms with van der Waals surface area (Å²) in [4.78, 5) is 11.1. The van der Waals surface area contributed by atoms with E-state index in [2.05, 4.69) is 11.3 Å². The Morgan fingerprint density at radius 3 is 3.12 bits per heavy atom. The van der Waals surface area contributed by atoms with Gasteiger partial charge in [0.05, 0.1) is 11.6 Å². The van der Waals surface area contributed by atoms with E-state index in [1.165, 1.54) is 5.56 Å². The Balaban J connectivity index is 2.32. The van der Waals surface area contributed by atoms with Crippen molar-refractivity contribution in [3.05, 3.63) is 17.5 Å². The first-order chi connectivity index (χ1) is 7.63. The van der Waals surface area contributed by atoms with Gasteiger partial charge in [-0.25, -0.2) is 0 Å². The monoisotopic (exact) mass is 222 g/mol. The molecule has 16 heavy (non-hydrogen) atoms. The van der Waals surface area contributed by atoms with E-state index in [-0.39, 0.29) is 11.8 Å². The third-order valence-electron chi connectivity index (χ3n) is 3.50. The van der Waals surface area contributed by atoms with Gasteiger partial charge in [-0.05, 0) is 31.7 Å². The first-order valence-electron chi connectivity index (χ1n) is 5.92. The minimum Gasteiger partial charge on any atom is -0.481 e. The van der Waals surface area contributed by atoms with Crippen LogP contribution in [0.25, 0.3) is 0 Å². The van der Waals surface area contributed by atoms with Crippen LogP contribution in [-0.4, -0.2) is 20.9 Å². The molecule has 0 radical (unpaired) electrons. The van der Waals surface area contributed by atoms with Gasteiger partial charge in [0.25, 0.3) is 0 Å². The molecule has 0 amide bonds. The Kier molecular flexibility index (Phi) is 2.99. The molecule has 4 nitrogen and oxygen atoms in total. The molecule has 1 heterocycles. The Morgan fingerprint density at radius 2 is 2.50 bits per heavy atom. The molecule has 0 aliphatic heterocycles. The maximum Gasteiger partial charge on any atom is 0.306 e. The average molecular weight is 222 g/mol. The smallest absolute Gasteiger partial charge is 0.306 e. The lowest BCUT2D eigenvalue weighted by Gasteiger charge is -2.24. The number of carbonyl (C=O) groups is 1. The Morgan fingerprint density at radius 1 is 1.75 bits per heavy atom. The molecule has 0 saturated heterocycles. The van der Waals surface area contributed by atoms with Crippen molar-refractivity contribution < 1.29 is 9.90 Å². The Bertz CT molecular complexity index is 398. The van der Waals surface area contributed by atoms with E-state index in [0.29, 0.717) is 0 Å². The minimum atomic E-state index is -0.719. The maximum atomic E-state index is 11.1. The van der Waals surface area contributed by atoms with Crippen molar-refractivity contribution in [1.29, 1.82) is 0 Å². The number of aromatic nitrogens is 2. The molecule has 1 aliphatic rings. The molecule has 2 unspecified atom stereocenters. The molecule has 0 bridgehead atoms. The number of fused-ring (bicyclic) bond motifs is 1.